The standard InChI is InChI=1S/C17H21NO/c19-17-16(15-9-5-2-6-10-15)11-12-18(17)13-14-7-3-1-4-8-14/h1,3-4,7-9,16H,2,5-6,10-13H2/t16-/m0/s1. The number of amides is 1. The quantitative estimate of drug-likeness (QED) is 0.757. The van der Waals surface area contributed by atoms with E-state index in [-0.39, 0.29) is 5.92 Å². The number of allylic oxidation sites excluding steroid dienone is 1. The summed E-state index contributed by atoms with van der Waals surface area (Å²) in [6.45, 7) is 1.68. The van der Waals surface area contributed by atoms with Gasteiger partial charge in [-0.2, -0.15) is 0 Å². The number of hydrogen-bond donors (Lipinski definition) is 0. The maximum absolute atomic E-state index is 12.5. The van der Waals surface area contributed by atoms with E-state index in [2.05, 4.69) is 18.2 Å². The van der Waals surface area contributed by atoms with Crippen LogP contribution >= 0.6 is 0 Å². The lowest BCUT2D eigenvalue weighted by Crippen LogP contribution is -2.27. The maximum atomic E-state index is 12.5. The normalized spacial score (nSPS) is 23.6. The summed E-state index contributed by atoms with van der Waals surface area (Å²) in [4.78, 5) is 14.5. The van der Waals surface area contributed by atoms with Gasteiger partial charge in [-0.15, -0.1) is 0 Å². The van der Waals surface area contributed by atoms with Crippen LogP contribution < -0.4 is 0 Å². The lowest BCUT2D eigenvalue weighted by molar-refractivity contribution is -0.130. The molecule has 3 rings (SSSR count). The van der Waals surface area contributed by atoms with Crippen molar-refractivity contribution in [3.05, 3.63) is 47.5 Å². The van der Waals surface area contributed by atoms with Crippen LogP contribution in [0.3, 0.4) is 0 Å². The monoisotopic (exact) mass is 255 g/mol. The fourth-order valence-corrected chi connectivity index (χ4v) is 3.22. The van der Waals surface area contributed by atoms with Gasteiger partial charge in [0.1, 0.15) is 0 Å². The molecule has 1 aromatic carbocycles. The van der Waals surface area contributed by atoms with E-state index in [1.807, 2.05) is 23.1 Å². The Morgan fingerprint density at radius 3 is 2.74 bits per heavy atom. The Bertz CT molecular complexity index is 477. The highest BCUT2D eigenvalue weighted by atomic mass is 16.2. The molecule has 1 atom stereocenters. The fourth-order valence-electron chi connectivity index (χ4n) is 3.22. The summed E-state index contributed by atoms with van der Waals surface area (Å²) < 4.78 is 0. The molecule has 0 unspecified atom stereocenters. The molecule has 2 aliphatic rings. The van der Waals surface area contributed by atoms with Gasteiger partial charge in [-0.25, -0.2) is 0 Å². The second kappa shape index (κ2) is 5.60. The molecule has 0 bridgehead atoms. The highest BCUT2D eigenvalue weighted by Gasteiger charge is 2.33. The second-order valence-corrected chi connectivity index (χ2v) is 5.61. The van der Waals surface area contributed by atoms with Crippen molar-refractivity contribution in [2.45, 2.75) is 38.6 Å². The van der Waals surface area contributed by atoms with Gasteiger partial charge in [0.15, 0.2) is 0 Å². The molecular weight excluding hydrogens is 234 g/mol. The first-order valence-corrected chi connectivity index (χ1v) is 7.36. The van der Waals surface area contributed by atoms with Gasteiger partial charge in [-0.3, -0.25) is 4.79 Å². The minimum atomic E-state index is 0.184. The fraction of sp³-hybridized carbons (Fsp3) is 0.471. The van der Waals surface area contributed by atoms with Crippen LogP contribution in [0.2, 0.25) is 0 Å². The summed E-state index contributed by atoms with van der Waals surface area (Å²) in [6.07, 6.45) is 8.18. The summed E-state index contributed by atoms with van der Waals surface area (Å²) in [5.74, 6) is 0.529. The predicted octanol–water partition coefficient (Wildman–Crippen LogP) is 3.54. The summed E-state index contributed by atoms with van der Waals surface area (Å²) in [6, 6.07) is 10.3. The molecule has 1 aliphatic heterocycles. The molecule has 0 aromatic heterocycles. The number of carbonyl (C=O) groups excluding carboxylic acids is 1. The van der Waals surface area contributed by atoms with Gasteiger partial charge >= 0.3 is 0 Å². The lowest BCUT2D eigenvalue weighted by Gasteiger charge is -2.20. The maximum Gasteiger partial charge on any atom is 0.230 e. The van der Waals surface area contributed by atoms with Crippen LogP contribution in [0.4, 0.5) is 0 Å². The van der Waals surface area contributed by atoms with Gasteiger partial charge < -0.3 is 4.90 Å². The molecule has 1 heterocycles. The van der Waals surface area contributed by atoms with Crippen LogP contribution in [-0.2, 0) is 11.3 Å². The molecule has 2 nitrogen and oxygen atoms in total. The molecule has 1 amide bonds. The van der Waals surface area contributed by atoms with Crippen LogP contribution in [0, 0.1) is 5.92 Å². The molecule has 19 heavy (non-hydrogen) atoms. The smallest absolute Gasteiger partial charge is 0.230 e. The molecular formula is C17H21NO. The third kappa shape index (κ3) is 2.73. The van der Waals surface area contributed by atoms with Crippen molar-refractivity contribution in [1.29, 1.82) is 0 Å². The van der Waals surface area contributed by atoms with E-state index in [4.69, 9.17) is 0 Å². The van der Waals surface area contributed by atoms with E-state index in [1.54, 1.807) is 0 Å². The minimum Gasteiger partial charge on any atom is -0.338 e. The minimum absolute atomic E-state index is 0.184. The van der Waals surface area contributed by atoms with Crippen molar-refractivity contribution in [2.75, 3.05) is 6.54 Å². The van der Waals surface area contributed by atoms with E-state index < -0.39 is 0 Å². The zero-order valence-corrected chi connectivity index (χ0v) is 11.3. The topological polar surface area (TPSA) is 20.3 Å². The van der Waals surface area contributed by atoms with Gasteiger partial charge in [0, 0.05) is 13.1 Å². The first kappa shape index (κ1) is 12.5. The average molecular weight is 255 g/mol. The van der Waals surface area contributed by atoms with Crippen molar-refractivity contribution in [2.24, 2.45) is 5.92 Å². The summed E-state index contributed by atoms with van der Waals surface area (Å²) >= 11 is 0. The third-order valence-electron chi connectivity index (χ3n) is 4.29. The molecule has 1 saturated heterocycles. The Morgan fingerprint density at radius 1 is 1.16 bits per heavy atom. The molecule has 0 spiro atoms. The van der Waals surface area contributed by atoms with Crippen molar-refractivity contribution in [3.8, 4) is 0 Å². The molecule has 1 aliphatic carbocycles. The Hall–Kier alpha value is -1.57. The van der Waals surface area contributed by atoms with E-state index in [9.17, 15) is 4.79 Å². The largest absolute Gasteiger partial charge is 0.338 e. The first-order chi connectivity index (χ1) is 9.34. The van der Waals surface area contributed by atoms with Crippen LogP contribution in [0.15, 0.2) is 42.0 Å². The number of nitrogens with zero attached hydrogens (tertiary/aromatic N) is 1. The molecule has 1 aromatic rings. The molecule has 100 valence electrons. The van der Waals surface area contributed by atoms with Gasteiger partial charge in [-0.1, -0.05) is 42.0 Å². The van der Waals surface area contributed by atoms with E-state index in [1.165, 1.54) is 24.0 Å². The lowest BCUT2D eigenvalue weighted by atomic mass is 9.88. The molecule has 0 N–H and O–H groups in total. The number of likely N-dealkylation sites (tertiary alicyclic amines) is 1. The van der Waals surface area contributed by atoms with Crippen LogP contribution in [0.5, 0.6) is 0 Å². The highest BCUT2D eigenvalue weighted by molar-refractivity contribution is 5.83. The van der Waals surface area contributed by atoms with E-state index in [0.717, 1.165) is 32.4 Å². The summed E-state index contributed by atoms with van der Waals surface area (Å²) in [5.41, 5.74) is 2.64. The number of hydrogen-bond acceptors (Lipinski definition) is 1. The Balaban J connectivity index is 1.67. The molecule has 0 radical (unpaired) electrons. The molecule has 0 saturated carbocycles. The van der Waals surface area contributed by atoms with Gasteiger partial charge in [0.05, 0.1) is 5.92 Å². The number of carbonyl (C=O) groups is 1. The zero-order chi connectivity index (χ0) is 13.1. The van der Waals surface area contributed by atoms with Crippen molar-refractivity contribution in [3.63, 3.8) is 0 Å². The third-order valence-corrected chi connectivity index (χ3v) is 4.29. The number of rotatable bonds is 3. The van der Waals surface area contributed by atoms with Crippen LogP contribution in [-0.4, -0.2) is 17.4 Å². The van der Waals surface area contributed by atoms with Gasteiger partial charge in [0.25, 0.3) is 0 Å². The zero-order valence-electron chi connectivity index (χ0n) is 11.3. The number of benzene rings is 1. The SMILES string of the molecule is O=C1[C@H](C2=CCCCC2)CCN1Cc1ccccc1. The van der Waals surface area contributed by atoms with Crippen LogP contribution in [0.1, 0.15) is 37.7 Å². The Morgan fingerprint density at radius 2 is 2.00 bits per heavy atom. The van der Waals surface area contributed by atoms with Gasteiger partial charge in [-0.05, 0) is 37.7 Å². The van der Waals surface area contributed by atoms with Gasteiger partial charge in [0.2, 0.25) is 5.91 Å². The Labute approximate surface area is 115 Å². The summed E-state index contributed by atoms with van der Waals surface area (Å²) in [5, 5.41) is 0. The molecule has 2 heteroatoms. The average Bonchev–Trinajstić information content (AvgIpc) is 2.82. The van der Waals surface area contributed by atoms with Crippen LogP contribution in [0.25, 0.3) is 0 Å². The van der Waals surface area contributed by atoms with E-state index >= 15 is 0 Å². The summed E-state index contributed by atoms with van der Waals surface area (Å²) in [7, 11) is 0. The van der Waals surface area contributed by atoms with Crippen molar-refractivity contribution < 1.29 is 4.79 Å². The van der Waals surface area contributed by atoms with Crippen molar-refractivity contribution >= 4 is 5.91 Å². The second-order valence-electron chi connectivity index (χ2n) is 5.61. The predicted molar refractivity (Wildman–Crippen MR) is 76.5 cm³/mol. The van der Waals surface area contributed by atoms with Crippen molar-refractivity contribution in [1.82, 2.24) is 4.90 Å². The molecule has 1 fully saturated rings. The highest BCUT2D eigenvalue weighted by Crippen LogP contribution is 2.32. The first-order valence-electron chi connectivity index (χ1n) is 7.36. The van der Waals surface area contributed by atoms with E-state index in [0.29, 0.717) is 5.91 Å². The Kier molecular flexibility index (Phi) is 3.67.